The molecule has 0 saturated heterocycles. The number of hydrogen-bond donors (Lipinski definition) is 0. The van der Waals surface area contributed by atoms with Crippen LogP contribution in [-0.4, -0.2) is 18.3 Å². The maximum absolute atomic E-state index is 6.84. The summed E-state index contributed by atoms with van der Waals surface area (Å²) in [6.07, 6.45) is 0. The van der Waals surface area contributed by atoms with E-state index in [0.29, 0.717) is 0 Å². The maximum Gasteiger partial charge on any atom is 0.160 e. The largest absolute Gasteiger partial charge is 0.452 e. The number of ether oxygens (including phenoxy) is 1. The molecule has 5 nitrogen and oxygen atoms in total. The molecule has 0 atom stereocenters. The molecule has 1 aliphatic heterocycles. The van der Waals surface area contributed by atoms with Crippen molar-refractivity contribution < 1.29 is 4.74 Å². The zero-order valence-corrected chi connectivity index (χ0v) is 35.0. The van der Waals surface area contributed by atoms with Crippen LogP contribution in [0.3, 0.4) is 0 Å². The van der Waals surface area contributed by atoms with E-state index < -0.39 is 0 Å². The highest BCUT2D eigenvalue weighted by Crippen LogP contribution is 2.50. The Morgan fingerprint density at radius 1 is 0.277 bits per heavy atom. The van der Waals surface area contributed by atoms with Gasteiger partial charge in [-0.1, -0.05) is 121 Å². The molecule has 5 heterocycles. The van der Waals surface area contributed by atoms with Gasteiger partial charge in [-0.05, 0) is 103 Å². The van der Waals surface area contributed by atoms with Crippen LogP contribution in [0.15, 0.2) is 218 Å². The number of nitrogens with zero attached hydrogens (tertiary/aromatic N) is 4. The van der Waals surface area contributed by atoms with E-state index in [9.17, 15) is 0 Å². The first-order valence-electron chi connectivity index (χ1n) is 22.3. The lowest BCUT2D eigenvalue weighted by Crippen LogP contribution is -2.05. The molecule has 0 amide bonds. The van der Waals surface area contributed by atoms with Crippen LogP contribution < -0.4 is 4.74 Å². The Hall–Kier alpha value is -8.80. The summed E-state index contributed by atoms with van der Waals surface area (Å²) < 4.78 is 16.5. The van der Waals surface area contributed by atoms with Gasteiger partial charge in [0, 0.05) is 65.7 Å². The Balaban J connectivity index is 0.948. The highest BCUT2D eigenvalue weighted by atomic mass is 16.5. The fourth-order valence-corrected chi connectivity index (χ4v) is 11.2. The van der Waals surface area contributed by atoms with Gasteiger partial charge in [0.1, 0.15) is 0 Å². The van der Waals surface area contributed by atoms with E-state index in [1.165, 1.54) is 70.7 Å². The van der Waals surface area contributed by atoms with E-state index in [4.69, 9.17) is 4.74 Å². The predicted molar refractivity (Wildman–Crippen MR) is 269 cm³/mol. The number of aromatic nitrogens is 4. The highest BCUT2D eigenvalue weighted by molar-refractivity contribution is 6.16. The molecular weight excluding hydrogens is 793 g/mol. The van der Waals surface area contributed by atoms with Crippen LogP contribution in [0.1, 0.15) is 0 Å². The monoisotopic (exact) mass is 828 g/mol. The summed E-state index contributed by atoms with van der Waals surface area (Å²) in [7, 11) is 0. The van der Waals surface area contributed by atoms with E-state index >= 15 is 0 Å². The van der Waals surface area contributed by atoms with Crippen molar-refractivity contribution >= 4 is 87.2 Å². The lowest BCUT2D eigenvalue weighted by molar-refractivity contribution is 0.478. The van der Waals surface area contributed by atoms with Gasteiger partial charge in [0.05, 0.1) is 49.8 Å². The van der Waals surface area contributed by atoms with Crippen molar-refractivity contribution in [2.45, 2.75) is 0 Å². The molecule has 1 aliphatic rings. The Kier molecular flexibility index (Phi) is 6.89. The van der Waals surface area contributed by atoms with Crippen molar-refractivity contribution in [3.63, 3.8) is 0 Å². The van der Waals surface area contributed by atoms with E-state index in [-0.39, 0.29) is 0 Å². The molecule has 0 aliphatic carbocycles. The van der Waals surface area contributed by atoms with Crippen molar-refractivity contribution in [2.24, 2.45) is 0 Å². The molecule has 5 heteroatoms. The van der Waals surface area contributed by atoms with Crippen molar-refractivity contribution in [1.29, 1.82) is 0 Å². The SMILES string of the molecule is c1ccc2c(c1)Oc1c(-c3ccc(-n4c5ccc(-n6c7ccccc7c7ccccc76)cc5c5cc(-n6c7ccccc7c7ccccc76)ccc54)cc3)ccc3c4ccccc4n-2c13. The zero-order valence-electron chi connectivity index (χ0n) is 35.0. The summed E-state index contributed by atoms with van der Waals surface area (Å²) >= 11 is 0. The van der Waals surface area contributed by atoms with Gasteiger partial charge in [0.2, 0.25) is 0 Å². The first-order valence-corrected chi connectivity index (χ1v) is 22.3. The minimum Gasteiger partial charge on any atom is -0.452 e. The average Bonchev–Trinajstić information content (AvgIpc) is 4.10. The molecule has 0 fully saturated rings. The molecule has 0 N–H and O–H groups in total. The summed E-state index contributed by atoms with van der Waals surface area (Å²) in [5.41, 5.74) is 16.0. The van der Waals surface area contributed by atoms with E-state index in [0.717, 1.165) is 61.9 Å². The number of fused-ring (bicyclic) bond motifs is 14. The third-order valence-corrected chi connectivity index (χ3v) is 14.0. The number of hydrogen-bond acceptors (Lipinski definition) is 1. The second-order valence-corrected chi connectivity index (χ2v) is 17.3. The molecule has 302 valence electrons. The predicted octanol–water partition coefficient (Wildman–Crippen LogP) is 15.8. The van der Waals surface area contributed by atoms with Crippen molar-refractivity contribution in [2.75, 3.05) is 0 Å². The van der Waals surface area contributed by atoms with E-state index in [1.807, 2.05) is 6.07 Å². The molecule has 15 rings (SSSR count). The van der Waals surface area contributed by atoms with Gasteiger partial charge in [0.15, 0.2) is 11.5 Å². The normalized spacial score (nSPS) is 12.4. The van der Waals surface area contributed by atoms with Crippen LogP contribution in [0.25, 0.3) is 121 Å². The minimum absolute atomic E-state index is 0.859. The van der Waals surface area contributed by atoms with Gasteiger partial charge in [-0.15, -0.1) is 0 Å². The molecule has 0 unspecified atom stereocenters. The molecule has 10 aromatic carbocycles. The molecule has 14 aromatic rings. The number of para-hydroxylation sites is 7. The standard InChI is InChI=1S/C60H36N4O/c1-6-18-50-42(13-1)43-14-2-7-19-51(43)62(50)39-29-33-55-48(35-39)49-36-40(63-52-20-8-3-15-44(52)45-16-4-9-21-53(45)63)30-34-56(49)61(55)38-27-25-37(26-28-38)41-31-32-47-46-17-5-10-22-54(46)64-57-23-11-12-24-58(57)65-60(41)59(47)64/h1-36H. The minimum atomic E-state index is 0.859. The van der Waals surface area contributed by atoms with Crippen LogP contribution in [0.2, 0.25) is 0 Å². The summed E-state index contributed by atoms with van der Waals surface area (Å²) in [5, 5.41) is 9.82. The number of benzene rings is 10. The Bertz CT molecular complexity index is 4050. The number of rotatable bonds is 4. The molecule has 65 heavy (non-hydrogen) atoms. The topological polar surface area (TPSA) is 28.9 Å². The van der Waals surface area contributed by atoms with E-state index in [1.54, 1.807) is 0 Å². The quantitative estimate of drug-likeness (QED) is 0.174. The van der Waals surface area contributed by atoms with Crippen molar-refractivity contribution in [3.8, 4) is 45.4 Å². The Labute approximate surface area is 372 Å². The first kappa shape index (κ1) is 34.7. The summed E-state index contributed by atoms with van der Waals surface area (Å²) in [4.78, 5) is 0. The van der Waals surface area contributed by atoms with Gasteiger partial charge in [0.25, 0.3) is 0 Å². The molecule has 0 radical (unpaired) electrons. The summed E-state index contributed by atoms with van der Waals surface area (Å²) in [6, 6.07) is 79.5. The fourth-order valence-electron chi connectivity index (χ4n) is 11.2. The summed E-state index contributed by atoms with van der Waals surface area (Å²) in [5.74, 6) is 1.75. The van der Waals surface area contributed by atoms with Crippen LogP contribution in [-0.2, 0) is 0 Å². The molecule has 4 aromatic heterocycles. The smallest absolute Gasteiger partial charge is 0.160 e. The van der Waals surface area contributed by atoms with Gasteiger partial charge in [-0.2, -0.15) is 0 Å². The van der Waals surface area contributed by atoms with Gasteiger partial charge >= 0.3 is 0 Å². The Morgan fingerprint density at radius 3 is 1.20 bits per heavy atom. The second-order valence-electron chi connectivity index (χ2n) is 17.3. The van der Waals surface area contributed by atoms with Crippen LogP contribution >= 0.6 is 0 Å². The molecular formula is C60H36N4O. The fraction of sp³-hybridized carbons (Fsp3) is 0. The third-order valence-electron chi connectivity index (χ3n) is 14.0. The lowest BCUT2D eigenvalue weighted by atomic mass is 10.0. The summed E-state index contributed by atoms with van der Waals surface area (Å²) in [6.45, 7) is 0. The van der Waals surface area contributed by atoms with E-state index in [2.05, 4.69) is 231 Å². The van der Waals surface area contributed by atoms with Crippen molar-refractivity contribution in [3.05, 3.63) is 218 Å². The average molecular weight is 829 g/mol. The maximum atomic E-state index is 6.84. The Morgan fingerprint density at radius 2 is 0.677 bits per heavy atom. The van der Waals surface area contributed by atoms with Gasteiger partial charge in [-0.3, -0.25) is 0 Å². The first-order chi connectivity index (χ1) is 32.3. The van der Waals surface area contributed by atoms with Crippen LogP contribution in [0.4, 0.5) is 0 Å². The third kappa shape index (κ3) is 4.71. The van der Waals surface area contributed by atoms with Crippen LogP contribution in [0, 0.1) is 0 Å². The molecule has 0 saturated carbocycles. The molecule has 0 bridgehead atoms. The lowest BCUT2D eigenvalue weighted by Gasteiger charge is -2.23. The van der Waals surface area contributed by atoms with Gasteiger partial charge in [-0.25, -0.2) is 0 Å². The highest BCUT2D eigenvalue weighted by Gasteiger charge is 2.27. The second kappa shape index (κ2) is 12.9. The van der Waals surface area contributed by atoms with Crippen LogP contribution in [0.5, 0.6) is 11.5 Å². The zero-order chi connectivity index (χ0) is 42.3. The molecule has 0 spiro atoms. The van der Waals surface area contributed by atoms with Crippen molar-refractivity contribution in [1.82, 2.24) is 18.3 Å². The van der Waals surface area contributed by atoms with Gasteiger partial charge < -0.3 is 23.0 Å².